The van der Waals surface area contributed by atoms with Gasteiger partial charge in [-0.2, -0.15) is 0 Å². The number of hydrogen-bond donors (Lipinski definition) is 2. The minimum atomic E-state index is -1.02. The van der Waals surface area contributed by atoms with Gasteiger partial charge in [0.25, 0.3) is 5.56 Å². The second-order valence-corrected chi connectivity index (χ2v) is 7.18. The van der Waals surface area contributed by atoms with Crippen molar-refractivity contribution in [2.24, 2.45) is 0 Å². The summed E-state index contributed by atoms with van der Waals surface area (Å²) in [5, 5.41) is 8.96. The molecule has 0 saturated carbocycles. The van der Waals surface area contributed by atoms with E-state index in [1.165, 1.54) is 11.6 Å². The molecule has 3 aromatic rings. The van der Waals surface area contributed by atoms with Crippen LogP contribution in [0.4, 0.5) is 5.69 Å². The number of piperidine rings is 1. The van der Waals surface area contributed by atoms with E-state index in [9.17, 15) is 9.59 Å². The topological polar surface area (TPSA) is 99.2 Å². The second-order valence-electron chi connectivity index (χ2n) is 7.18. The number of aryl methyl sites for hydroxylation is 1. The number of carbonyl (C=O) groups is 1. The maximum atomic E-state index is 12.1. The molecular weight excluding hydrogens is 368 g/mol. The van der Waals surface area contributed by atoms with Crippen LogP contribution in [-0.4, -0.2) is 39.1 Å². The van der Waals surface area contributed by atoms with E-state index in [0.29, 0.717) is 6.42 Å². The Morgan fingerprint density at radius 2 is 2.00 bits per heavy atom. The summed E-state index contributed by atoms with van der Waals surface area (Å²) in [4.78, 5) is 36.6. The Hall–Kier alpha value is -3.48. The molecule has 0 aliphatic carbocycles. The maximum absolute atomic E-state index is 12.1. The fraction of sp³-hybridized carbons (Fsp3) is 0.273. The number of hydrogen-bond acceptors (Lipinski definition) is 5. The number of nitrogens with one attached hydrogen (secondary N) is 1. The van der Waals surface area contributed by atoms with Gasteiger partial charge >= 0.3 is 5.97 Å². The number of carboxylic acid groups (broad SMARTS) is 1. The smallest absolute Gasteiger partial charge is 0.354 e. The third-order valence-electron chi connectivity index (χ3n) is 5.28. The number of aromatic nitrogens is 3. The van der Waals surface area contributed by atoms with E-state index in [-0.39, 0.29) is 11.3 Å². The lowest BCUT2D eigenvalue weighted by Gasteiger charge is -2.30. The van der Waals surface area contributed by atoms with Crippen molar-refractivity contribution >= 4 is 28.8 Å². The van der Waals surface area contributed by atoms with Crippen LogP contribution in [0.3, 0.4) is 0 Å². The Kier molecular flexibility index (Phi) is 5.12. The van der Waals surface area contributed by atoms with E-state index in [2.05, 4.69) is 25.9 Å². The van der Waals surface area contributed by atoms with Crippen LogP contribution < -0.4 is 10.5 Å². The number of fused-ring (bicyclic) bond motifs is 1. The lowest BCUT2D eigenvalue weighted by atomic mass is 10.0. The number of aromatic amines is 1. The molecule has 0 bridgehead atoms. The lowest BCUT2D eigenvalue weighted by Crippen LogP contribution is -2.30. The van der Waals surface area contributed by atoms with Gasteiger partial charge in [-0.25, -0.2) is 9.78 Å². The predicted octanol–water partition coefficient (Wildman–Crippen LogP) is 3.26. The molecule has 1 aliphatic rings. The molecule has 0 aromatic carbocycles. The molecule has 2 N–H and O–H groups in total. The molecule has 4 rings (SSSR count). The normalized spacial score (nSPS) is 14.2. The highest BCUT2D eigenvalue weighted by Crippen LogP contribution is 2.24. The predicted molar refractivity (Wildman–Crippen MR) is 112 cm³/mol. The van der Waals surface area contributed by atoms with Gasteiger partial charge < -0.3 is 15.0 Å². The first-order valence-electron chi connectivity index (χ1n) is 9.69. The SMILES string of the molecule is CCc1cc2ncc(C=C3CCN(c4ccc(C(=O)O)nc4)CC3)cc2[nH]c1=O. The fourth-order valence-corrected chi connectivity index (χ4v) is 3.61. The van der Waals surface area contributed by atoms with Crippen LogP contribution in [0.15, 0.2) is 47.0 Å². The highest BCUT2D eigenvalue weighted by atomic mass is 16.4. The zero-order valence-corrected chi connectivity index (χ0v) is 16.2. The van der Waals surface area contributed by atoms with Crippen LogP contribution in [0.2, 0.25) is 0 Å². The summed E-state index contributed by atoms with van der Waals surface area (Å²) >= 11 is 0. The Morgan fingerprint density at radius 3 is 2.66 bits per heavy atom. The summed E-state index contributed by atoms with van der Waals surface area (Å²) in [6.45, 7) is 3.65. The summed E-state index contributed by atoms with van der Waals surface area (Å²) in [6, 6.07) is 7.16. The average molecular weight is 390 g/mol. The number of H-pyrrole nitrogens is 1. The summed E-state index contributed by atoms with van der Waals surface area (Å²) in [5.41, 5.74) is 5.54. The van der Waals surface area contributed by atoms with Crippen LogP contribution in [-0.2, 0) is 6.42 Å². The van der Waals surface area contributed by atoms with Crippen molar-refractivity contribution in [1.29, 1.82) is 0 Å². The first kappa shape index (κ1) is 18.9. The zero-order chi connectivity index (χ0) is 20.4. The Morgan fingerprint density at radius 1 is 1.21 bits per heavy atom. The molecule has 1 aliphatic heterocycles. The van der Waals surface area contributed by atoms with Crippen molar-refractivity contribution in [2.45, 2.75) is 26.2 Å². The summed E-state index contributed by atoms with van der Waals surface area (Å²) in [5.74, 6) is -1.02. The molecule has 0 radical (unpaired) electrons. The van der Waals surface area contributed by atoms with E-state index in [0.717, 1.165) is 53.8 Å². The first-order valence-corrected chi connectivity index (χ1v) is 9.69. The van der Waals surface area contributed by atoms with Crippen LogP contribution in [0.25, 0.3) is 17.1 Å². The quantitative estimate of drug-likeness (QED) is 0.709. The van der Waals surface area contributed by atoms with Gasteiger partial charge in [0.1, 0.15) is 5.69 Å². The number of rotatable bonds is 4. The molecular formula is C22H22N4O3. The minimum Gasteiger partial charge on any atom is -0.477 e. The van der Waals surface area contributed by atoms with E-state index >= 15 is 0 Å². The van der Waals surface area contributed by atoms with Gasteiger partial charge in [0.2, 0.25) is 0 Å². The monoisotopic (exact) mass is 390 g/mol. The van der Waals surface area contributed by atoms with Crippen molar-refractivity contribution < 1.29 is 9.90 Å². The molecule has 4 heterocycles. The van der Waals surface area contributed by atoms with Crippen LogP contribution in [0.1, 0.15) is 41.4 Å². The molecule has 148 valence electrons. The molecule has 7 nitrogen and oxygen atoms in total. The summed E-state index contributed by atoms with van der Waals surface area (Å²) in [7, 11) is 0. The van der Waals surface area contributed by atoms with Crippen molar-refractivity contribution in [1.82, 2.24) is 15.0 Å². The van der Waals surface area contributed by atoms with E-state index in [4.69, 9.17) is 5.11 Å². The zero-order valence-electron chi connectivity index (χ0n) is 16.2. The van der Waals surface area contributed by atoms with Crippen molar-refractivity contribution in [3.8, 4) is 0 Å². The number of anilines is 1. The molecule has 29 heavy (non-hydrogen) atoms. The summed E-state index contributed by atoms with van der Waals surface area (Å²) < 4.78 is 0. The van der Waals surface area contributed by atoms with E-state index in [1.54, 1.807) is 12.3 Å². The van der Waals surface area contributed by atoms with Crippen molar-refractivity contribution in [3.63, 3.8) is 0 Å². The average Bonchev–Trinajstić information content (AvgIpc) is 2.74. The van der Waals surface area contributed by atoms with E-state index < -0.39 is 5.97 Å². The molecule has 3 aromatic heterocycles. The summed E-state index contributed by atoms with van der Waals surface area (Å²) in [6.07, 6.45) is 8.10. The third-order valence-corrected chi connectivity index (χ3v) is 5.28. The molecule has 7 heteroatoms. The molecule has 0 spiro atoms. The van der Waals surface area contributed by atoms with Gasteiger partial charge in [-0.15, -0.1) is 0 Å². The van der Waals surface area contributed by atoms with Crippen LogP contribution in [0, 0.1) is 0 Å². The Balaban J connectivity index is 1.47. The number of aromatic carboxylic acids is 1. The minimum absolute atomic E-state index is 0.0533. The van der Waals surface area contributed by atoms with Crippen LogP contribution in [0.5, 0.6) is 0 Å². The lowest BCUT2D eigenvalue weighted by molar-refractivity contribution is 0.0690. The second kappa shape index (κ2) is 7.87. The molecule has 1 fully saturated rings. The molecule has 0 atom stereocenters. The van der Waals surface area contributed by atoms with Crippen molar-refractivity contribution in [3.05, 3.63) is 69.4 Å². The maximum Gasteiger partial charge on any atom is 0.354 e. The molecule has 0 amide bonds. The van der Waals surface area contributed by atoms with Gasteiger partial charge in [-0.1, -0.05) is 18.6 Å². The van der Waals surface area contributed by atoms with Gasteiger partial charge in [0.15, 0.2) is 0 Å². The van der Waals surface area contributed by atoms with Crippen molar-refractivity contribution in [2.75, 3.05) is 18.0 Å². The van der Waals surface area contributed by atoms with E-state index in [1.807, 2.05) is 25.3 Å². The van der Waals surface area contributed by atoms with Gasteiger partial charge in [-0.3, -0.25) is 9.78 Å². The van der Waals surface area contributed by atoms with Gasteiger partial charge in [0.05, 0.1) is 22.9 Å². The largest absolute Gasteiger partial charge is 0.477 e. The molecule has 0 unspecified atom stereocenters. The standard InChI is InChI=1S/C22H22N4O3/c1-2-16-11-19-20(25-21(16)27)10-15(12-23-19)9-14-5-7-26(8-6-14)17-3-4-18(22(28)29)24-13-17/h3-4,9-13H,2,5-8H2,1H3,(H,25,27)(H,28,29). The number of carboxylic acids is 1. The van der Waals surface area contributed by atoms with Crippen LogP contribution >= 0.6 is 0 Å². The van der Waals surface area contributed by atoms with Gasteiger partial charge in [-0.05, 0) is 49.1 Å². The fourth-order valence-electron chi connectivity index (χ4n) is 3.61. The number of pyridine rings is 3. The Bertz CT molecular complexity index is 1140. The highest BCUT2D eigenvalue weighted by Gasteiger charge is 2.15. The van der Waals surface area contributed by atoms with Gasteiger partial charge in [0, 0.05) is 24.8 Å². The molecule has 1 saturated heterocycles. The number of nitrogens with zero attached hydrogens (tertiary/aromatic N) is 3. The highest BCUT2D eigenvalue weighted by molar-refractivity contribution is 5.85. The third kappa shape index (κ3) is 4.03. The Labute approximate surface area is 167 Å². The first-order chi connectivity index (χ1) is 14.0.